The van der Waals surface area contributed by atoms with Gasteiger partial charge in [0.1, 0.15) is 23.0 Å². The number of ketones is 1. The normalized spacial score (nSPS) is 17.1. The van der Waals surface area contributed by atoms with Gasteiger partial charge in [-0.2, -0.15) is 0 Å². The first kappa shape index (κ1) is 22.7. The predicted octanol–water partition coefficient (Wildman–Crippen LogP) is 6.46. The highest BCUT2D eigenvalue weighted by atomic mass is 79.9. The molecule has 1 aliphatic heterocycles. The lowest BCUT2D eigenvalue weighted by Crippen LogP contribution is -2.29. The first-order valence-corrected chi connectivity index (χ1v) is 11.7. The molecule has 1 aromatic heterocycles. The number of nitrogens with zero attached hydrogens (tertiary/aromatic N) is 1. The second-order valence-corrected chi connectivity index (χ2v) is 8.92. The zero-order chi connectivity index (χ0) is 24.4. The van der Waals surface area contributed by atoms with Crippen molar-refractivity contribution >= 4 is 33.4 Å². The number of carbonyl (C=O) groups excluding carboxylic acids is 2. The molecule has 174 valence electrons. The number of benzene rings is 3. The number of hydrogen-bond donors (Lipinski definition) is 1. The third kappa shape index (κ3) is 4.63. The third-order valence-electron chi connectivity index (χ3n) is 5.72. The molecule has 35 heavy (non-hydrogen) atoms. The molecule has 5 rings (SSSR count). The Morgan fingerprint density at radius 3 is 2.37 bits per heavy atom. The molecule has 1 saturated heterocycles. The number of aliphatic hydroxyl groups is 1. The topological polar surface area (TPSA) is 80.0 Å². The number of carbonyl (C=O) groups is 2. The SMILES string of the molecule is O=C1C(=O)N(Cc2ccco2)C(c2cccc(Oc3ccccc3)c2)/C1=C(\O)c1ccc(Br)cc1. The fourth-order valence-corrected chi connectivity index (χ4v) is 4.36. The summed E-state index contributed by atoms with van der Waals surface area (Å²) in [5, 5.41) is 11.2. The van der Waals surface area contributed by atoms with Gasteiger partial charge in [-0.05, 0) is 54.1 Å². The van der Waals surface area contributed by atoms with Gasteiger partial charge in [-0.1, -0.05) is 58.4 Å². The van der Waals surface area contributed by atoms with Crippen LogP contribution >= 0.6 is 15.9 Å². The van der Waals surface area contributed by atoms with E-state index in [-0.39, 0.29) is 17.9 Å². The first-order valence-electron chi connectivity index (χ1n) is 10.9. The van der Waals surface area contributed by atoms with E-state index in [1.54, 1.807) is 60.7 Å². The van der Waals surface area contributed by atoms with Crippen LogP contribution in [0.5, 0.6) is 11.5 Å². The summed E-state index contributed by atoms with van der Waals surface area (Å²) in [6.07, 6.45) is 1.51. The molecule has 0 radical (unpaired) electrons. The third-order valence-corrected chi connectivity index (χ3v) is 6.25. The Hall–Kier alpha value is -4.10. The van der Waals surface area contributed by atoms with Crippen LogP contribution in [0, 0.1) is 0 Å². The van der Waals surface area contributed by atoms with Crippen LogP contribution in [0.15, 0.2) is 112 Å². The van der Waals surface area contributed by atoms with E-state index >= 15 is 0 Å². The molecule has 1 N–H and O–H groups in total. The van der Waals surface area contributed by atoms with Crippen molar-refractivity contribution in [1.82, 2.24) is 4.90 Å². The van der Waals surface area contributed by atoms with E-state index in [4.69, 9.17) is 9.15 Å². The fraction of sp³-hybridized carbons (Fsp3) is 0.0714. The molecule has 4 aromatic rings. The molecule has 1 amide bonds. The van der Waals surface area contributed by atoms with Crippen LogP contribution in [0.2, 0.25) is 0 Å². The van der Waals surface area contributed by atoms with Gasteiger partial charge >= 0.3 is 0 Å². The van der Waals surface area contributed by atoms with Crippen molar-refractivity contribution in [2.24, 2.45) is 0 Å². The summed E-state index contributed by atoms with van der Waals surface area (Å²) in [6.45, 7) is 0.0725. The van der Waals surface area contributed by atoms with E-state index in [0.717, 1.165) is 4.47 Å². The molecular formula is C28H20BrNO5. The number of aliphatic hydroxyl groups excluding tert-OH is 1. The second kappa shape index (κ2) is 9.64. The molecule has 0 bridgehead atoms. The minimum Gasteiger partial charge on any atom is -0.507 e. The Bertz CT molecular complexity index is 1400. The zero-order valence-electron chi connectivity index (χ0n) is 18.4. The van der Waals surface area contributed by atoms with Crippen molar-refractivity contribution in [3.05, 3.63) is 124 Å². The monoisotopic (exact) mass is 529 g/mol. The van der Waals surface area contributed by atoms with Crippen LogP contribution in [-0.4, -0.2) is 21.7 Å². The molecule has 1 aliphatic rings. The zero-order valence-corrected chi connectivity index (χ0v) is 20.0. The summed E-state index contributed by atoms with van der Waals surface area (Å²) < 4.78 is 12.3. The van der Waals surface area contributed by atoms with Crippen LogP contribution in [0.4, 0.5) is 0 Å². The Kier molecular flexibility index (Phi) is 6.25. The summed E-state index contributed by atoms with van der Waals surface area (Å²) in [5.41, 5.74) is 1.08. The van der Waals surface area contributed by atoms with Crippen molar-refractivity contribution in [3.63, 3.8) is 0 Å². The van der Waals surface area contributed by atoms with Crippen LogP contribution < -0.4 is 4.74 Å². The van der Waals surface area contributed by atoms with Crippen molar-refractivity contribution in [2.45, 2.75) is 12.6 Å². The van der Waals surface area contributed by atoms with Gasteiger partial charge in [-0.15, -0.1) is 0 Å². The van der Waals surface area contributed by atoms with Crippen molar-refractivity contribution < 1.29 is 23.8 Å². The molecule has 1 fully saturated rings. The van der Waals surface area contributed by atoms with Gasteiger partial charge in [0.05, 0.1) is 24.4 Å². The summed E-state index contributed by atoms with van der Waals surface area (Å²) in [7, 11) is 0. The number of rotatable bonds is 6. The van der Waals surface area contributed by atoms with E-state index < -0.39 is 17.7 Å². The van der Waals surface area contributed by atoms with Gasteiger partial charge in [0, 0.05) is 10.0 Å². The maximum Gasteiger partial charge on any atom is 0.296 e. The Morgan fingerprint density at radius 2 is 1.66 bits per heavy atom. The van der Waals surface area contributed by atoms with Gasteiger partial charge in [0.15, 0.2) is 0 Å². The van der Waals surface area contributed by atoms with Crippen molar-refractivity contribution in [1.29, 1.82) is 0 Å². The van der Waals surface area contributed by atoms with Gasteiger partial charge in [0.2, 0.25) is 0 Å². The number of Topliss-reactive ketones (excluding diaryl/α,β-unsaturated/α-hetero) is 1. The highest BCUT2D eigenvalue weighted by Gasteiger charge is 2.46. The number of ether oxygens (including phenoxy) is 1. The Morgan fingerprint density at radius 1 is 0.914 bits per heavy atom. The lowest BCUT2D eigenvalue weighted by molar-refractivity contribution is -0.140. The lowest BCUT2D eigenvalue weighted by Gasteiger charge is -2.25. The average Bonchev–Trinajstić information content (AvgIpc) is 3.47. The van der Waals surface area contributed by atoms with Crippen LogP contribution in [-0.2, 0) is 16.1 Å². The van der Waals surface area contributed by atoms with E-state index in [0.29, 0.717) is 28.4 Å². The number of hydrogen-bond acceptors (Lipinski definition) is 5. The Labute approximate surface area is 210 Å². The molecular weight excluding hydrogens is 510 g/mol. The highest BCUT2D eigenvalue weighted by molar-refractivity contribution is 9.10. The predicted molar refractivity (Wildman–Crippen MR) is 134 cm³/mol. The second-order valence-electron chi connectivity index (χ2n) is 8.00. The molecule has 7 heteroatoms. The van der Waals surface area contributed by atoms with Crippen molar-refractivity contribution in [2.75, 3.05) is 0 Å². The van der Waals surface area contributed by atoms with E-state index in [1.165, 1.54) is 11.2 Å². The molecule has 0 aliphatic carbocycles. The largest absolute Gasteiger partial charge is 0.507 e. The smallest absolute Gasteiger partial charge is 0.296 e. The maximum absolute atomic E-state index is 13.2. The molecule has 0 spiro atoms. The number of furan rings is 1. The summed E-state index contributed by atoms with van der Waals surface area (Å²) in [4.78, 5) is 27.8. The molecule has 1 atom stereocenters. The van der Waals surface area contributed by atoms with Crippen LogP contribution in [0.1, 0.15) is 22.9 Å². The number of likely N-dealkylation sites (tertiary alicyclic amines) is 1. The van der Waals surface area contributed by atoms with E-state index in [1.807, 2.05) is 30.3 Å². The summed E-state index contributed by atoms with van der Waals surface area (Å²) >= 11 is 3.37. The lowest BCUT2D eigenvalue weighted by atomic mass is 9.95. The highest BCUT2D eigenvalue weighted by Crippen LogP contribution is 2.41. The van der Waals surface area contributed by atoms with Crippen LogP contribution in [0.3, 0.4) is 0 Å². The molecule has 6 nitrogen and oxygen atoms in total. The molecule has 3 aromatic carbocycles. The van der Waals surface area contributed by atoms with Crippen molar-refractivity contribution in [3.8, 4) is 11.5 Å². The number of para-hydroxylation sites is 1. The van der Waals surface area contributed by atoms with E-state index in [9.17, 15) is 14.7 Å². The Balaban J connectivity index is 1.61. The molecule has 1 unspecified atom stereocenters. The average molecular weight is 530 g/mol. The van der Waals surface area contributed by atoms with Gasteiger partial charge in [-0.25, -0.2) is 0 Å². The summed E-state index contributed by atoms with van der Waals surface area (Å²) in [6, 6.07) is 26.0. The quantitative estimate of drug-likeness (QED) is 0.176. The standard InChI is InChI=1S/C28H20BrNO5/c29-20-13-11-18(12-14-20)26(31)24-25(30(28(33)27(24)32)17-23-10-5-15-34-23)19-6-4-9-22(16-19)35-21-7-2-1-3-8-21/h1-16,25,31H,17H2/b26-24+. The molecule has 0 saturated carbocycles. The first-order chi connectivity index (χ1) is 17.0. The van der Waals surface area contributed by atoms with E-state index in [2.05, 4.69) is 15.9 Å². The minimum atomic E-state index is -0.830. The minimum absolute atomic E-state index is 0.0146. The van der Waals surface area contributed by atoms with Gasteiger partial charge in [0.25, 0.3) is 11.7 Å². The van der Waals surface area contributed by atoms with Crippen LogP contribution in [0.25, 0.3) is 5.76 Å². The fourth-order valence-electron chi connectivity index (χ4n) is 4.10. The maximum atomic E-state index is 13.2. The number of halogens is 1. The number of amides is 1. The summed E-state index contributed by atoms with van der Waals surface area (Å²) in [5.74, 6) is 0.0234. The van der Waals surface area contributed by atoms with Gasteiger partial charge in [-0.3, -0.25) is 9.59 Å². The van der Waals surface area contributed by atoms with Gasteiger partial charge < -0.3 is 19.2 Å². The molecule has 2 heterocycles.